The van der Waals surface area contributed by atoms with Crippen molar-refractivity contribution < 1.29 is 14.3 Å². The summed E-state index contributed by atoms with van der Waals surface area (Å²) >= 11 is 0. The Morgan fingerprint density at radius 1 is 1.54 bits per heavy atom. The van der Waals surface area contributed by atoms with E-state index in [4.69, 9.17) is 9.47 Å². The third-order valence-corrected chi connectivity index (χ3v) is 4.10. The summed E-state index contributed by atoms with van der Waals surface area (Å²) in [6.07, 6.45) is 9.51. The Bertz CT molecular complexity index is 562. The standard InChI is InChI=1S/C18H27N3O3/c1-14(19-2)5-4-6-15-9-17(11-20-10-15)24-16-7-8-21(12-16)18(22)13-23-3/h4,6,9-11,14,16,19H,5,7-8,12-13H2,1-3H3/t14-,16+/m0/s1. The first-order valence-corrected chi connectivity index (χ1v) is 8.34. The van der Waals surface area contributed by atoms with Crippen LogP contribution < -0.4 is 10.1 Å². The van der Waals surface area contributed by atoms with Gasteiger partial charge in [0.05, 0.1) is 12.7 Å². The topological polar surface area (TPSA) is 63.7 Å². The van der Waals surface area contributed by atoms with E-state index in [1.807, 2.05) is 19.3 Å². The lowest BCUT2D eigenvalue weighted by Crippen LogP contribution is -2.33. The number of rotatable bonds is 8. The number of hydrogen-bond donors (Lipinski definition) is 1. The molecule has 1 saturated heterocycles. The van der Waals surface area contributed by atoms with Gasteiger partial charge in [0.15, 0.2) is 0 Å². The number of methoxy groups -OCH3 is 1. The number of carbonyl (C=O) groups is 1. The molecular weight excluding hydrogens is 306 g/mol. The fourth-order valence-corrected chi connectivity index (χ4v) is 2.58. The molecule has 1 amide bonds. The molecule has 6 nitrogen and oxygen atoms in total. The second-order valence-corrected chi connectivity index (χ2v) is 6.08. The number of nitrogens with one attached hydrogen (secondary N) is 1. The number of carbonyl (C=O) groups excluding carboxylic acids is 1. The largest absolute Gasteiger partial charge is 0.487 e. The Morgan fingerprint density at radius 2 is 2.38 bits per heavy atom. The van der Waals surface area contributed by atoms with E-state index in [0.29, 0.717) is 19.1 Å². The maximum Gasteiger partial charge on any atom is 0.248 e. The minimum atomic E-state index is 0.0103. The average Bonchev–Trinajstić information content (AvgIpc) is 3.04. The number of ether oxygens (including phenoxy) is 2. The molecule has 0 bridgehead atoms. The summed E-state index contributed by atoms with van der Waals surface area (Å²) in [6, 6.07) is 2.43. The molecule has 132 valence electrons. The number of aromatic nitrogens is 1. The first kappa shape index (κ1) is 18.4. The van der Waals surface area contributed by atoms with E-state index in [0.717, 1.165) is 24.2 Å². The summed E-state index contributed by atoms with van der Waals surface area (Å²) in [5.74, 6) is 0.752. The minimum Gasteiger partial charge on any atom is -0.487 e. The Balaban J connectivity index is 1.87. The summed E-state index contributed by atoms with van der Waals surface area (Å²) in [4.78, 5) is 17.8. The highest BCUT2D eigenvalue weighted by atomic mass is 16.5. The normalized spacial score (nSPS) is 19.0. The number of hydrogen-bond acceptors (Lipinski definition) is 5. The lowest BCUT2D eigenvalue weighted by atomic mass is 10.2. The SMILES string of the molecule is CN[C@@H](C)CC=Cc1cncc(O[C@@H]2CCN(C(=O)COC)C2)c1. The van der Waals surface area contributed by atoms with Gasteiger partial charge in [-0.25, -0.2) is 0 Å². The lowest BCUT2D eigenvalue weighted by Gasteiger charge is -2.16. The van der Waals surface area contributed by atoms with Crippen LogP contribution in [-0.4, -0.2) is 61.8 Å². The van der Waals surface area contributed by atoms with Crippen molar-refractivity contribution in [2.24, 2.45) is 0 Å². The van der Waals surface area contributed by atoms with Crippen LogP contribution in [0.4, 0.5) is 0 Å². The van der Waals surface area contributed by atoms with E-state index in [1.165, 1.54) is 7.11 Å². The first-order chi connectivity index (χ1) is 11.6. The van der Waals surface area contributed by atoms with Gasteiger partial charge in [-0.1, -0.05) is 12.2 Å². The molecule has 1 aliphatic rings. The van der Waals surface area contributed by atoms with Gasteiger partial charge < -0.3 is 19.7 Å². The van der Waals surface area contributed by atoms with Gasteiger partial charge in [-0.05, 0) is 32.0 Å². The Labute approximate surface area is 143 Å². The Kier molecular flexibility index (Phi) is 7.21. The van der Waals surface area contributed by atoms with E-state index in [2.05, 4.69) is 29.4 Å². The molecule has 1 N–H and O–H groups in total. The molecule has 1 aromatic rings. The highest BCUT2D eigenvalue weighted by molar-refractivity contribution is 5.77. The minimum absolute atomic E-state index is 0.0103. The molecule has 1 aliphatic heterocycles. The Morgan fingerprint density at radius 3 is 3.12 bits per heavy atom. The van der Waals surface area contributed by atoms with Gasteiger partial charge in [0.1, 0.15) is 18.5 Å². The Hall–Kier alpha value is -1.92. The molecule has 0 radical (unpaired) electrons. The van der Waals surface area contributed by atoms with Crippen LogP contribution in [0.5, 0.6) is 5.75 Å². The number of nitrogens with zero attached hydrogens (tertiary/aromatic N) is 2. The molecule has 2 atom stereocenters. The van der Waals surface area contributed by atoms with Gasteiger partial charge in [-0.2, -0.15) is 0 Å². The van der Waals surface area contributed by atoms with Gasteiger partial charge in [0, 0.05) is 32.3 Å². The zero-order chi connectivity index (χ0) is 17.4. The van der Waals surface area contributed by atoms with Crippen molar-refractivity contribution in [1.29, 1.82) is 0 Å². The third kappa shape index (κ3) is 5.62. The van der Waals surface area contributed by atoms with Crippen LogP contribution in [0.3, 0.4) is 0 Å². The van der Waals surface area contributed by atoms with E-state index in [1.54, 1.807) is 11.1 Å². The van der Waals surface area contributed by atoms with Gasteiger partial charge in [-0.15, -0.1) is 0 Å². The third-order valence-electron chi connectivity index (χ3n) is 4.10. The van der Waals surface area contributed by atoms with E-state index < -0.39 is 0 Å². The summed E-state index contributed by atoms with van der Waals surface area (Å²) in [5.41, 5.74) is 1.01. The zero-order valence-corrected chi connectivity index (χ0v) is 14.7. The van der Waals surface area contributed by atoms with Crippen molar-refractivity contribution in [1.82, 2.24) is 15.2 Å². The van der Waals surface area contributed by atoms with Crippen LogP contribution in [0.25, 0.3) is 6.08 Å². The second-order valence-electron chi connectivity index (χ2n) is 6.08. The smallest absolute Gasteiger partial charge is 0.248 e. The molecule has 1 fully saturated rings. The monoisotopic (exact) mass is 333 g/mol. The van der Waals surface area contributed by atoms with E-state index >= 15 is 0 Å². The second kappa shape index (κ2) is 9.39. The molecule has 1 aromatic heterocycles. The van der Waals surface area contributed by atoms with Crippen LogP contribution in [0.15, 0.2) is 24.5 Å². The average molecular weight is 333 g/mol. The quantitative estimate of drug-likeness (QED) is 0.785. The molecule has 0 saturated carbocycles. The maximum atomic E-state index is 11.8. The summed E-state index contributed by atoms with van der Waals surface area (Å²) in [6.45, 7) is 3.57. The van der Waals surface area contributed by atoms with Crippen LogP contribution in [0.2, 0.25) is 0 Å². The van der Waals surface area contributed by atoms with Gasteiger partial charge >= 0.3 is 0 Å². The van der Waals surface area contributed by atoms with Gasteiger partial charge in [0.25, 0.3) is 0 Å². The summed E-state index contributed by atoms with van der Waals surface area (Å²) < 4.78 is 10.9. The van der Waals surface area contributed by atoms with Crippen LogP contribution in [-0.2, 0) is 9.53 Å². The molecule has 6 heteroatoms. The predicted octanol–water partition coefficient (Wildman–Crippen LogP) is 1.72. The van der Waals surface area contributed by atoms with Crippen molar-refractivity contribution in [2.45, 2.75) is 31.9 Å². The van der Waals surface area contributed by atoms with E-state index in [9.17, 15) is 4.79 Å². The predicted molar refractivity (Wildman–Crippen MR) is 93.9 cm³/mol. The van der Waals surface area contributed by atoms with Crippen molar-refractivity contribution in [3.8, 4) is 5.75 Å². The van der Waals surface area contributed by atoms with Crippen molar-refractivity contribution >= 4 is 12.0 Å². The fourth-order valence-electron chi connectivity index (χ4n) is 2.58. The number of likely N-dealkylation sites (tertiary alicyclic amines) is 1. The summed E-state index contributed by atoms with van der Waals surface area (Å²) in [5, 5.41) is 3.20. The van der Waals surface area contributed by atoms with Crippen molar-refractivity contribution in [3.63, 3.8) is 0 Å². The van der Waals surface area contributed by atoms with Crippen LogP contribution >= 0.6 is 0 Å². The molecular formula is C18H27N3O3. The van der Waals surface area contributed by atoms with Gasteiger partial charge in [0.2, 0.25) is 5.91 Å². The number of amides is 1. The van der Waals surface area contributed by atoms with Crippen molar-refractivity contribution in [3.05, 3.63) is 30.1 Å². The molecule has 2 heterocycles. The van der Waals surface area contributed by atoms with Gasteiger partial charge in [-0.3, -0.25) is 9.78 Å². The fraction of sp³-hybridized carbons (Fsp3) is 0.556. The van der Waals surface area contributed by atoms with Crippen LogP contribution in [0, 0.1) is 0 Å². The van der Waals surface area contributed by atoms with Crippen molar-refractivity contribution in [2.75, 3.05) is 33.9 Å². The zero-order valence-electron chi connectivity index (χ0n) is 14.7. The number of pyridine rings is 1. The first-order valence-electron chi connectivity index (χ1n) is 8.34. The molecule has 2 rings (SSSR count). The molecule has 0 aromatic carbocycles. The highest BCUT2D eigenvalue weighted by Gasteiger charge is 2.27. The van der Waals surface area contributed by atoms with Crippen LogP contribution in [0.1, 0.15) is 25.3 Å². The molecule has 0 aliphatic carbocycles. The molecule has 24 heavy (non-hydrogen) atoms. The molecule has 0 unspecified atom stereocenters. The lowest BCUT2D eigenvalue weighted by molar-refractivity contribution is -0.134. The van der Waals surface area contributed by atoms with E-state index in [-0.39, 0.29) is 18.6 Å². The maximum absolute atomic E-state index is 11.8. The summed E-state index contributed by atoms with van der Waals surface area (Å²) in [7, 11) is 3.49. The highest BCUT2D eigenvalue weighted by Crippen LogP contribution is 2.19. The molecule has 0 spiro atoms.